The third kappa shape index (κ3) is 3.31. The van der Waals surface area contributed by atoms with E-state index in [1.165, 1.54) is 6.42 Å². The normalized spacial score (nSPS) is 31.5. The van der Waals surface area contributed by atoms with Gasteiger partial charge in [-0.05, 0) is 32.2 Å². The van der Waals surface area contributed by atoms with Crippen LogP contribution in [0.2, 0.25) is 0 Å². The van der Waals surface area contributed by atoms with E-state index in [1.54, 1.807) is 4.31 Å². The van der Waals surface area contributed by atoms with Crippen molar-refractivity contribution in [2.45, 2.75) is 63.2 Å². The molecule has 1 aliphatic carbocycles. The highest BCUT2D eigenvalue weighted by molar-refractivity contribution is 7.89. The Hall–Kier alpha value is -0.130. The standard InChI is InChI=1S/C14H28N2O2S/c1-3-12-11-16(10-9-14(12)15-2)19(17,18)13-7-5-4-6-8-13/h12-15H,3-11H2,1-2H3. The molecule has 1 heterocycles. The lowest BCUT2D eigenvalue weighted by atomic mass is 9.91. The number of sulfonamides is 1. The summed E-state index contributed by atoms with van der Waals surface area (Å²) in [5, 5.41) is 3.23. The molecule has 0 bridgehead atoms. The highest BCUT2D eigenvalue weighted by Gasteiger charge is 2.37. The smallest absolute Gasteiger partial charge is 0.216 e. The van der Waals surface area contributed by atoms with Gasteiger partial charge in [0, 0.05) is 19.1 Å². The van der Waals surface area contributed by atoms with Crippen LogP contribution in [0.5, 0.6) is 0 Å². The minimum Gasteiger partial charge on any atom is -0.317 e. The van der Waals surface area contributed by atoms with Gasteiger partial charge in [0.2, 0.25) is 10.0 Å². The molecule has 5 heteroatoms. The van der Waals surface area contributed by atoms with Crippen molar-refractivity contribution in [1.29, 1.82) is 0 Å². The van der Waals surface area contributed by atoms with Crippen LogP contribution in [0.3, 0.4) is 0 Å². The quantitative estimate of drug-likeness (QED) is 0.860. The summed E-state index contributed by atoms with van der Waals surface area (Å²) in [6.45, 7) is 3.56. The Morgan fingerprint density at radius 3 is 2.42 bits per heavy atom. The van der Waals surface area contributed by atoms with E-state index in [-0.39, 0.29) is 5.25 Å². The van der Waals surface area contributed by atoms with Gasteiger partial charge in [-0.1, -0.05) is 32.6 Å². The van der Waals surface area contributed by atoms with Crippen molar-refractivity contribution in [1.82, 2.24) is 9.62 Å². The molecule has 2 aliphatic rings. The van der Waals surface area contributed by atoms with Crippen LogP contribution in [0.15, 0.2) is 0 Å². The first-order chi connectivity index (χ1) is 9.09. The summed E-state index contributed by atoms with van der Waals surface area (Å²) >= 11 is 0. The molecule has 112 valence electrons. The molecule has 1 saturated carbocycles. The van der Waals surface area contributed by atoms with Gasteiger partial charge in [-0.3, -0.25) is 0 Å². The molecule has 2 rings (SSSR count). The summed E-state index contributed by atoms with van der Waals surface area (Å²) in [6.07, 6.45) is 7.08. The largest absolute Gasteiger partial charge is 0.317 e. The first-order valence-electron chi connectivity index (χ1n) is 7.75. The minimum absolute atomic E-state index is 0.107. The maximum Gasteiger partial charge on any atom is 0.216 e. The van der Waals surface area contributed by atoms with Crippen LogP contribution < -0.4 is 5.32 Å². The second kappa shape index (κ2) is 6.55. The van der Waals surface area contributed by atoms with E-state index in [4.69, 9.17) is 0 Å². The van der Waals surface area contributed by atoms with Crippen molar-refractivity contribution in [3.05, 3.63) is 0 Å². The fraction of sp³-hybridized carbons (Fsp3) is 1.00. The summed E-state index contributed by atoms with van der Waals surface area (Å²) in [6, 6.07) is 0.475. The number of hydrogen-bond acceptors (Lipinski definition) is 3. The molecule has 2 unspecified atom stereocenters. The summed E-state index contributed by atoms with van der Waals surface area (Å²) in [5.41, 5.74) is 0. The molecule has 2 atom stereocenters. The zero-order valence-electron chi connectivity index (χ0n) is 12.3. The van der Waals surface area contributed by atoms with E-state index in [0.717, 1.165) is 38.5 Å². The van der Waals surface area contributed by atoms with Gasteiger partial charge in [0.05, 0.1) is 5.25 Å². The van der Waals surface area contributed by atoms with Crippen LogP contribution >= 0.6 is 0 Å². The first kappa shape index (κ1) is 15.3. The fourth-order valence-corrected chi connectivity index (χ4v) is 5.71. The van der Waals surface area contributed by atoms with Crippen molar-refractivity contribution < 1.29 is 8.42 Å². The topological polar surface area (TPSA) is 49.4 Å². The summed E-state index contributed by atoms with van der Waals surface area (Å²) in [5.74, 6) is 0.456. The Balaban J connectivity index is 2.04. The van der Waals surface area contributed by atoms with Gasteiger partial charge < -0.3 is 5.32 Å². The molecule has 0 amide bonds. The molecule has 0 aromatic rings. The highest BCUT2D eigenvalue weighted by Crippen LogP contribution is 2.29. The average molecular weight is 288 g/mol. The molecule has 1 saturated heterocycles. The van der Waals surface area contributed by atoms with Crippen molar-refractivity contribution in [3.63, 3.8) is 0 Å². The van der Waals surface area contributed by atoms with Gasteiger partial charge in [-0.25, -0.2) is 12.7 Å². The predicted molar refractivity (Wildman–Crippen MR) is 78.6 cm³/mol. The maximum absolute atomic E-state index is 12.7. The van der Waals surface area contributed by atoms with Gasteiger partial charge in [-0.2, -0.15) is 0 Å². The van der Waals surface area contributed by atoms with Crippen molar-refractivity contribution in [3.8, 4) is 0 Å². The molecular formula is C14H28N2O2S. The summed E-state index contributed by atoms with van der Waals surface area (Å²) < 4.78 is 27.2. The van der Waals surface area contributed by atoms with E-state index >= 15 is 0 Å². The predicted octanol–water partition coefficient (Wildman–Crippen LogP) is 1.97. The Morgan fingerprint density at radius 1 is 1.16 bits per heavy atom. The molecule has 19 heavy (non-hydrogen) atoms. The van der Waals surface area contributed by atoms with Crippen molar-refractivity contribution in [2.24, 2.45) is 5.92 Å². The van der Waals surface area contributed by atoms with E-state index in [0.29, 0.717) is 25.0 Å². The molecule has 0 aromatic carbocycles. The van der Waals surface area contributed by atoms with Gasteiger partial charge in [-0.15, -0.1) is 0 Å². The second-order valence-electron chi connectivity index (χ2n) is 6.02. The molecule has 0 spiro atoms. The van der Waals surface area contributed by atoms with E-state index in [2.05, 4.69) is 12.2 Å². The third-order valence-corrected chi connectivity index (χ3v) is 7.29. The van der Waals surface area contributed by atoms with Gasteiger partial charge in [0.15, 0.2) is 0 Å². The van der Waals surface area contributed by atoms with Gasteiger partial charge >= 0.3 is 0 Å². The third-order valence-electron chi connectivity index (χ3n) is 4.93. The zero-order valence-corrected chi connectivity index (χ0v) is 13.1. The van der Waals surface area contributed by atoms with Crippen LogP contribution in [0.25, 0.3) is 0 Å². The van der Waals surface area contributed by atoms with Crippen LogP contribution in [0, 0.1) is 5.92 Å². The van der Waals surface area contributed by atoms with Crippen LogP contribution in [-0.4, -0.2) is 44.2 Å². The minimum atomic E-state index is -3.05. The number of nitrogens with one attached hydrogen (secondary N) is 1. The van der Waals surface area contributed by atoms with Crippen LogP contribution in [0.4, 0.5) is 0 Å². The molecule has 4 nitrogen and oxygen atoms in total. The van der Waals surface area contributed by atoms with E-state index in [9.17, 15) is 8.42 Å². The molecule has 1 N–H and O–H groups in total. The Kier molecular flexibility index (Phi) is 5.26. The zero-order chi connectivity index (χ0) is 13.9. The lowest BCUT2D eigenvalue weighted by molar-refractivity contribution is 0.206. The Labute approximate surface area is 118 Å². The molecule has 1 aliphatic heterocycles. The Morgan fingerprint density at radius 2 is 1.84 bits per heavy atom. The van der Waals surface area contributed by atoms with Crippen LogP contribution in [-0.2, 0) is 10.0 Å². The number of nitrogens with zero attached hydrogens (tertiary/aromatic N) is 1. The maximum atomic E-state index is 12.7. The summed E-state index contributed by atoms with van der Waals surface area (Å²) in [7, 11) is -1.07. The average Bonchev–Trinajstić information content (AvgIpc) is 2.47. The lowest BCUT2D eigenvalue weighted by Gasteiger charge is -2.39. The molecule has 2 fully saturated rings. The number of rotatable bonds is 4. The molecule has 0 aromatic heterocycles. The van der Waals surface area contributed by atoms with Crippen LogP contribution in [0.1, 0.15) is 51.9 Å². The van der Waals surface area contributed by atoms with E-state index in [1.807, 2.05) is 7.05 Å². The monoisotopic (exact) mass is 288 g/mol. The van der Waals surface area contributed by atoms with Gasteiger partial charge in [0.1, 0.15) is 0 Å². The van der Waals surface area contributed by atoms with E-state index < -0.39 is 10.0 Å². The highest BCUT2D eigenvalue weighted by atomic mass is 32.2. The summed E-state index contributed by atoms with van der Waals surface area (Å²) in [4.78, 5) is 0. The SMILES string of the molecule is CCC1CN(S(=O)(=O)C2CCCCC2)CCC1NC. The fourth-order valence-electron chi connectivity index (χ4n) is 3.60. The molecular weight excluding hydrogens is 260 g/mol. The first-order valence-corrected chi connectivity index (χ1v) is 9.26. The Bertz CT molecular complexity index is 377. The number of hydrogen-bond donors (Lipinski definition) is 1. The van der Waals surface area contributed by atoms with Crippen molar-refractivity contribution in [2.75, 3.05) is 20.1 Å². The van der Waals surface area contributed by atoms with Crippen molar-refractivity contribution >= 4 is 10.0 Å². The lowest BCUT2D eigenvalue weighted by Crippen LogP contribution is -2.52. The number of piperidine rings is 1. The van der Waals surface area contributed by atoms with Gasteiger partial charge in [0.25, 0.3) is 0 Å². The molecule has 0 radical (unpaired) electrons. The second-order valence-corrected chi connectivity index (χ2v) is 8.23.